The molecule has 2 N–H and O–H groups in total. The van der Waals surface area contributed by atoms with Crippen LogP contribution in [0.3, 0.4) is 0 Å². The van der Waals surface area contributed by atoms with E-state index in [9.17, 15) is 0 Å². The number of hydrogen-bond donors (Lipinski definition) is 1. The molecule has 0 saturated heterocycles. The minimum absolute atomic E-state index is 0.718. The van der Waals surface area contributed by atoms with Gasteiger partial charge in [0, 0.05) is 11.4 Å². The third-order valence-electron chi connectivity index (χ3n) is 3.00. The molecular formula is C16H17BrClNO. The minimum atomic E-state index is -0.719. The van der Waals surface area contributed by atoms with Crippen LogP contribution >= 0.6 is 27.5 Å². The maximum Gasteiger partial charge on any atom is 0.156 e. The van der Waals surface area contributed by atoms with Crippen LogP contribution in [0.4, 0.5) is 0 Å². The fourth-order valence-electron chi connectivity index (χ4n) is 1.87. The Hall–Kier alpha value is -1.03. The van der Waals surface area contributed by atoms with Crippen LogP contribution in [0.2, 0.25) is 5.02 Å². The van der Waals surface area contributed by atoms with Gasteiger partial charge < -0.3 is 4.74 Å². The van der Waals surface area contributed by atoms with Crippen LogP contribution in [-0.2, 0) is 6.42 Å². The molecule has 2 rings (SSSR count). The first-order valence-corrected chi connectivity index (χ1v) is 7.60. The van der Waals surface area contributed by atoms with E-state index in [1.165, 1.54) is 5.56 Å². The first-order valence-electron chi connectivity index (χ1n) is 6.43. The summed E-state index contributed by atoms with van der Waals surface area (Å²) in [4.78, 5) is 0. The standard InChI is InChI=1S/C16H17BrClNO/c1-16(19,20-15-5-3-2-4-14(15)17)11-10-12-6-8-13(18)9-7-12/h2-9H,10-11,19H2,1H3. The summed E-state index contributed by atoms with van der Waals surface area (Å²) >= 11 is 9.33. The first-order chi connectivity index (χ1) is 9.46. The monoisotopic (exact) mass is 353 g/mol. The topological polar surface area (TPSA) is 35.2 Å². The lowest BCUT2D eigenvalue weighted by Gasteiger charge is -2.27. The van der Waals surface area contributed by atoms with Gasteiger partial charge in [-0.2, -0.15) is 0 Å². The predicted molar refractivity (Wildman–Crippen MR) is 87.1 cm³/mol. The Morgan fingerprint density at radius 3 is 2.45 bits per heavy atom. The van der Waals surface area contributed by atoms with E-state index in [2.05, 4.69) is 15.9 Å². The molecule has 0 aliphatic rings. The summed E-state index contributed by atoms with van der Waals surface area (Å²) in [6, 6.07) is 15.5. The van der Waals surface area contributed by atoms with Gasteiger partial charge in [0.05, 0.1) is 4.47 Å². The zero-order valence-electron chi connectivity index (χ0n) is 11.3. The maximum atomic E-state index is 6.23. The third-order valence-corrected chi connectivity index (χ3v) is 3.91. The number of para-hydroxylation sites is 1. The molecular weight excluding hydrogens is 338 g/mol. The van der Waals surface area contributed by atoms with Crippen molar-refractivity contribution in [3.8, 4) is 5.75 Å². The van der Waals surface area contributed by atoms with Crippen molar-refractivity contribution in [2.75, 3.05) is 0 Å². The normalized spacial score (nSPS) is 13.8. The Morgan fingerprint density at radius 2 is 1.80 bits per heavy atom. The number of rotatable bonds is 5. The van der Waals surface area contributed by atoms with Gasteiger partial charge in [-0.3, -0.25) is 5.73 Å². The van der Waals surface area contributed by atoms with Crippen LogP contribution < -0.4 is 10.5 Å². The Labute approximate surface area is 133 Å². The molecule has 0 bridgehead atoms. The van der Waals surface area contributed by atoms with Gasteiger partial charge in [-0.1, -0.05) is 35.9 Å². The number of hydrogen-bond acceptors (Lipinski definition) is 2. The van der Waals surface area contributed by atoms with Gasteiger partial charge in [0.25, 0.3) is 0 Å². The van der Waals surface area contributed by atoms with Crippen LogP contribution in [-0.4, -0.2) is 5.72 Å². The van der Waals surface area contributed by atoms with Gasteiger partial charge in [0.2, 0.25) is 0 Å². The maximum absolute atomic E-state index is 6.23. The molecule has 0 amide bonds. The molecule has 0 aromatic heterocycles. The Balaban J connectivity index is 1.97. The van der Waals surface area contributed by atoms with E-state index in [1.807, 2.05) is 55.5 Å². The van der Waals surface area contributed by atoms with Crippen molar-refractivity contribution in [3.05, 3.63) is 63.6 Å². The molecule has 20 heavy (non-hydrogen) atoms. The molecule has 0 heterocycles. The van der Waals surface area contributed by atoms with Crippen LogP contribution in [0, 0.1) is 0 Å². The molecule has 4 heteroatoms. The Bertz CT molecular complexity index is 569. The molecule has 2 aromatic rings. The average Bonchev–Trinajstić information content (AvgIpc) is 2.41. The summed E-state index contributed by atoms with van der Waals surface area (Å²) in [6.07, 6.45) is 1.56. The van der Waals surface area contributed by atoms with E-state index >= 15 is 0 Å². The number of halogens is 2. The summed E-state index contributed by atoms with van der Waals surface area (Å²) in [7, 11) is 0. The fraction of sp³-hybridized carbons (Fsp3) is 0.250. The minimum Gasteiger partial charge on any atom is -0.472 e. The Kier molecular flexibility index (Phi) is 5.08. The fourth-order valence-corrected chi connectivity index (χ4v) is 2.37. The SMILES string of the molecule is CC(N)(CCc1ccc(Cl)cc1)Oc1ccccc1Br. The average molecular weight is 355 g/mol. The second kappa shape index (κ2) is 6.61. The highest BCUT2D eigenvalue weighted by Gasteiger charge is 2.21. The molecule has 1 unspecified atom stereocenters. The molecule has 2 nitrogen and oxygen atoms in total. The summed E-state index contributed by atoms with van der Waals surface area (Å²) in [5.41, 5.74) is 6.70. The summed E-state index contributed by atoms with van der Waals surface area (Å²) in [6.45, 7) is 1.89. The van der Waals surface area contributed by atoms with Gasteiger partial charge in [0.15, 0.2) is 5.72 Å². The zero-order valence-corrected chi connectivity index (χ0v) is 13.6. The second-order valence-electron chi connectivity index (χ2n) is 4.97. The lowest BCUT2D eigenvalue weighted by molar-refractivity contribution is 0.0856. The van der Waals surface area contributed by atoms with Gasteiger partial charge in [0.1, 0.15) is 5.75 Å². The molecule has 2 aromatic carbocycles. The second-order valence-corrected chi connectivity index (χ2v) is 6.26. The summed E-state index contributed by atoms with van der Waals surface area (Å²) < 4.78 is 6.79. The van der Waals surface area contributed by atoms with Crippen LogP contribution in [0.1, 0.15) is 18.9 Å². The highest BCUT2D eigenvalue weighted by atomic mass is 79.9. The predicted octanol–water partition coefficient (Wildman–Crippen LogP) is 4.79. The molecule has 0 aliphatic heterocycles. The van der Waals surface area contributed by atoms with Crippen molar-refractivity contribution in [1.29, 1.82) is 0 Å². The molecule has 0 radical (unpaired) electrons. The van der Waals surface area contributed by atoms with Gasteiger partial charge in [-0.25, -0.2) is 0 Å². The summed E-state index contributed by atoms with van der Waals surface area (Å²) in [5.74, 6) is 0.758. The van der Waals surface area contributed by atoms with Crippen molar-refractivity contribution in [2.24, 2.45) is 5.73 Å². The van der Waals surface area contributed by atoms with Crippen molar-refractivity contribution in [1.82, 2.24) is 0 Å². The molecule has 1 atom stereocenters. The molecule has 106 valence electrons. The van der Waals surface area contributed by atoms with Crippen LogP contribution in [0.15, 0.2) is 53.0 Å². The van der Waals surface area contributed by atoms with E-state index in [4.69, 9.17) is 22.1 Å². The third kappa shape index (κ3) is 4.51. The number of benzene rings is 2. The number of aryl methyl sites for hydroxylation is 1. The molecule has 0 fully saturated rings. The van der Waals surface area contributed by atoms with Crippen molar-refractivity contribution in [2.45, 2.75) is 25.5 Å². The lowest BCUT2D eigenvalue weighted by Crippen LogP contribution is -2.43. The van der Waals surface area contributed by atoms with E-state index in [1.54, 1.807) is 0 Å². The van der Waals surface area contributed by atoms with E-state index in [0.717, 1.165) is 28.1 Å². The van der Waals surface area contributed by atoms with Gasteiger partial charge in [-0.05, 0) is 59.1 Å². The van der Waals surface area contributed by atoms with Crippen molar-refractivity contribution >= 4 is 27.5 Å². The smallest absolute Gasteiger partial charge is 0.156 e. The largest absolute Gasteiger partial charge is 0.472 e. The quantitative estimate of drug-likeness (QED) is 0.784. The highest BCUT2D eigenvalue weighted by molar-refractivity contribution is 9.10. The molecule has 0 aliphatic carbocycles. The van der Waals surface area contributed by atoms with Gasteiger partial charge >= 0.3 is 0 Å². The lowest BCUT2D eigenvalue weighted by atomic mass is 10.0. The van der Waals surface area contributed by atoms with Crippen molar-refractivity contribution in [3.63, 3.8) is 0 Å². The molecule has 0 saturated carbocycles. The van der Waals surface area contributed by atoms with Crippen molar-refractivity contribution < 1.29 is 4.74 Å². The Morgan fingerprint density at radius 1 is 1.15 bits per heavy atom. The molecule has 0 spiro atoms. The van der Waals surface area contributed by atoms with E-state index in [0.29, 0.717) is 0 Å². The number of nitrogens with two attached hydrogens (primary N) is 1. The first kappa shape index (κ1) is 15.4. The number of ether oxygens (including phenoxy) is 1. The highest BCUT2D eigenvalue weighted by Crippen LogP contribution is 2.27. The van der Waals surface area contributed by atoms with E-state index < -0.39 is 5.72 Å². The zero-order chi connectivity index (χ0) is 14.6. The van der Waals surface area contributed by atoms with Crippen LogP contribution in [0.25, 0.3) is 0 Å². The summed E-state index contributed by atoms with van der Waals surface area (Å²) in [5, 5.41) is 0.744. The van der Waals surface area contributed by atoms with Gasteiger partial charge in [-0.15, -0.1) is 0 Å². The van der Waals surface area contributed by atoms with E-state index in [-0.39, 0.29) is 0 Å². The van der Waals surface area contributed by atoms with Crippen LogP contribution in [0.5, 0.6) is 5.75 Å².